The molecule has 0 rings (SSSR count). The van der Waals surface area contributed by atoms with E-state index in [9.17, 15) is 9.59 Å². The number of carbonyl (C=O) groups is 2. The summed E-state index contributed by atoms with van der Waals surface area (Å²) in [4.78, 5) is 23.3. The van der Waals surface area contributed by atoms with Crippen LogP contribution in [0.3, 0.4) is 0 Å². The van der Waals surface area contributed by atoms with Crippen molar-refractivity contribution in [1.29, 1.82) is 0 Å². The first-order valence-corrected chi connectivity index (χ1v) is 6.46. The van der Waals surface area contributed by atoms with Gasteiger partial charge in [0, 0.05) is 0 Å². The number of ether oxygens (including phenoxy) is 2. The zero-order chi connectivity index (χ0) is 14.3. The average molecular weight is 280 g/mol. The third-order valence-corrected chi connectivity index (χ3v) is 2.45. The molecule has 18 heavy (non-hydrogen) atoms. The van der Waals surface area contributed by atoms with Crippen LogP contribution in [-0.4, -0.2) is 29.8 Å². The van der Waals surface area contributed by atoms with Gasteiger partial charge in [0.1, 0.15) is 11.6 Å². The molecule has 106 valence electrons. The Morgan fingerprint density at radius 2 is 1.89 bits per heavy atom. The van der Waals surface area contributed by atoms with Crippen molar-refractivity contribution in [2.75, 3.05) is 6.07 Å². The van der Waals surface area contributed by atoms with E-state index >= 15 is 0 Å². The molecule has 0 aliphatic carbocycles. The third-order valence-electron chi connectivity index (χ3n) is 2.34. The summed E-state index contributed by atoms with van der Waals surface area (Å²) >= 11 is 5.34. The van der Waals surface area contributed by atoms with E-state index in [4.69, 9.17) is 21.1 Å². The predicted octanol–water partition coefficient (Wildman–Crippen LogP) is 2.67. The lowest BCUT2D eigenvalue weighted by Gasteiger charge is -2.25. The van der Waals surface area contributed by atoms with E-state index in [0.717, 1.165) is 6.42 Å². The Morgan fingerprint density at radius 3 is 2.28 bits per heavy atom. The maximum Gasteiger partial charge on any atom is 0.408 e. The lowest BCUT2D eigenvalue weighted by Crippen LogP contribution is -2.47. The number of esters is 1. The molecule has 1 amide bonds. The number of rotatable bonds is 5. The van der Waals surface area contributed by atoms with Crippen LogP contribution in [0, 0.1) is 5.92 Å². The van der Waals surface area contributed by atoms with Crippen molar-refractivity contribution in [2.24, 2.45) is 5.92 Å². The first-order valence-electron chi connectivity index (χ1n) is 5.93. The van der Waals surface area contributed by atoms with Crippen molar-refractivity contribution in [3.63, 3.8) is 0 Å². The minimum absolute atomic E-state index is 0.0618. The van der Waals surface area contributed by atoms with Crippen LogP contribution >= 0.6 is 11.6 Å². The molecule has 0 unspecified atom stereocenters. The van der Waals surface area contributed by atoms with Gasteiger partial charge in [0.2, 0.25) is 0 Å². The van der Waals surface area contributed by atoms with E-state index in [1.165, 1.54) is 0 Å². The van der Waals surface area contributed by atoms with Gasteiger partial charge in [0.15, 0.2) is 6.07 Å². The number of hydrogen-bond donors (Lipinski definition) is 1. The molecule has 0 aliphatic heterocycles. The molecule has 1 N–H and O–H groups in total. The van der Waals surface area contributed by atoms with E-state index in [1.807, 2.05) is 13.8 Å². The lowest BCUT2D eigenvalue weighted by molar-refractivity contribution is -0.145. The quantitative estimate of drug-likeness (QED) is 0.621. The van der Waals surface area contributed by atoms with Crippen LogP contribution in [0.1, 0.15) is 41.0 Å². The second kappa shape index (κ2) is 7.46. The fourth-order valence-corrected chi connectivity index (χ4v) is 1.35. The third kappa shape index (κ3) is 6.69. The van der Waals surface area contributed by atoms with Crippen molar-refractivity contribution in [3.05, 3.63) is 0 Å². The first kappa shape index (κ1) is 17.0. The second-order valence-electron chi connectivity index (χ2n) is 5.08. The maximum atomic E-state index is 11.7. The Balaban J connectivity index is 4.59. The van der Waals surface area contributed by atoms with Gasteiger partial charge in [-0.25, -0.2) is 9.59 Å². The van der Waals surface area contributed by atoms with Crippen molar-refractivity contribution >= 4 is 23.7 Å². The number of nitrogens with one attached hydrogen (secondary N) is 1. The summed E-state index contributed by atoms with van der Waals surface area (Å²) in [5, 5.41) is 2.51. The highest BCUT2D eigenvalue weighted by molar-refractivity contribution is 6.17. The Morgan fingerprint density at radius 1 is 1.33 bits per heavy atom. The van der Waals surface area contributed by atoms with Gasteiger partial charge in [-0.2, -0.15) is 0 Å². The Hall–Kier alpha value is -0.970. The molecule has 0 saturated heterocycles. The van der Waals surface area contributed by atoms with E-state index in [-0.39, 0.29) is 12.0 Å². The molecule has 0 aromatic rings. The Labute approximate surface area is 113 Å². The van der Waals surface area contributed by atoms with Gasteiger partial charge < -0.3 is 14.8 Å². The molecule has 0 bridgehead atoms. The van der Waals surface area contributed by atoms with Gasteiger partial charge in [0.05, 0.1) is 0 Å². The summed E-state index contributed by atoms with van der Waals surface area (Å²) in [6, 6.07) is -0.981. The van der Waals surface area contributed by atoms with E-state index in [0.29, 0.717) is 0 Å². The van der Waals surface area contributed by atoms with E-state index in [1.54, 1.807) is 20.8 Å². The van der Waals surface area contributed by atoms with E-state index in [2.05, 4.69) is 5.32 Å². The largest absolute Gasteiger partial charge is 0.448 e. The minimum Gasteiger partial charge on any atom is -0.448 e. The zero-order valence-corrected chi connectivity index (χ0v) is 12.3. The summed E-state index contributed by atoms with van der Waals surface area (Å²) in [6.07, 6.45) is 0.0806. The number of halogens is 1. The van der Waals surface area contributed by atoms with Gasteiger partial charge >= 0.3 is 12.1 Å². The highest BCUT2D eigenvalue weighted by atomic mass is 35.5. The average Bonchev–Trinajstić information content (AvgIpc) is 2.22. The number of hydrogen-bond acceptors (Lipinski definition) is 4. The topological polar surface area (TPSA) is 64.6 Å². The molecule has 6 heteroatoms. The molecule has 0 fully saturated rings. The van der Waals surface area contributed by atoms with Gasteiger partial charge in [-0.05, 0) is 26.7 Å². The number of alkyl carbamates (subject to hydrolysis) is 1. The van der Waals surface area contributed by atoms with Gasteiger partial charge in [-0.3, -0.25) is 0 Å². The summed E-state index contributed by atoms with van der Waals surface area (Å²) in [5.41, 5.74) is -0.611. The predicted molar refractivity (Wildman–Crippen MR) is 69.4 cm³/mol. The summed E-state index contributed by atoms with van der Waals surface area (Å²) in [5.74, 6) is -0.613. The molecule has 0 saturated carbocycles. The maximum absolute atomic E-state index is 11.7. The van der Waals surface area contributed by atoms with E-state index < -0.39 is 23.7 Å². The summed E-state index contributed by atoms with van der Waals surface area (Å²) in [7, 11) is 0. The van der Waals surface area contributed by atoms with Crippen LogP contribution in [0.5, 0.6) is 0 Å². The summed E-state index contributed by atoms with van der Waals surface area (Å²) in [6.45, 7) is 9.02. The molecule has 0 aromatic carbocycles. The number of alkyl halides is 1. The summed E-state index contributed by atoms with van der Waals surface area (Å²) < 4.78 is 9.81. The molecule has 2 atom stereocenters. The van der Waals surface area contributed by atoms with Crippen LogP contribution in [0.15, 0.2) is 0 Å². The molecule has 5 nitrogen and oxygen atoms in total. The molecular formula is C12H22ClNO4. The minimum atomic E-state index is -0.747. The fraction of sp³-hybridized carbons (Fsp3) is 0.833. The molecule has 0 heterocycles. The monoisotopic (exact) mass is 279 g/mol. The highest BCUT2D eigenvalue weighted by Crippen LogP contribution is 2.12. The van der Waals surface area contributed by atoms with Crippen LogP contribution in [-0.2, 0) is 14.3 Å². The molecule has 0 radical (unpaired) electrons. The van der Waals surface area contributed by atoms with Crippen molar-refractivity contribution in [2.45, 2.75) is 52.7 Å². The van der Waals surface area contributed by atoms with Crippen molar-refractivity contribution in [3.8, 4) is 0 Å². The van der Waals surface area contributed by atoms with Crippen molar-refractivity contribution < 1.29 is 19.1 Å². The SMILES string of the molecule is CC[C@@H](C)[C@H](NC(=O)OC(C)(C)C)C(=O)OCCl. The zero-order valence-electron chi connectivity index (χ0n) is 11.6. The Bertz CT molecular complexity index is 288. The van der Waals surface area contributed by atoms with Gasteiger partial charge in [0.25, 0.3) is 0 Å². The first-order chi connectivity index (χ1) is 8.21. The molecule has 0 aliphatic rings. The standard InChI is InChI=1S/C12H22ClNO4/c1-6-8(2)9(10(15)17-7-13)14-11(16)18-12(3,4)5/h8-9H,6-7H2,1-5H3,(H,14,16)/t8-,9+/m1/s1. The normalized spacial score (nSPS) is 14.6. The number of carbonyl (C=O) groups excluding carboxylic acids is 2. The van der Waals surface area contributed by atoms with Crippen LogP contribution in [0.2, 0.25) is 0 Å². The van der Waals surface area contributed by atoms with Gasteiger partial charge in [-0.15, -0.1) is 0 Å². The molecule has 0 aromatic heterocycles. The van der Waals surface area contributed by atoms with Crippen LogP contribution < -0.4 is 5.32 Å². The van der Waals surface area contributed by atoms with Gasteiger partial charge in [-0.1, -0.05) is 31.9 Å². The Kier molecular flexibility index (Phi) is 7.06. The van der Waals surface area contributed by atoms with Crippen LogP contribution in [0.4, 0.5) is 4.79 Å². The number of amides is 1. The highest BCUT2D eigenvalue weighted by Gasteiger charge is 2.29. The molecular weight excluding hydrogens is 258 g/mol. The van der Waals surface area contributed by atoms with Crippen molar-refractivity contribution in [1.82, 2.24) is 5.32 Å². The smallest absolute Gasteiger partial charge is 0.408 e. The van der Waals surface area contributed by atoms with Crippen LogP contribution in [0.25, 0.3) is 0 Å². The lowest BCUT2D eigenvalue weighted by atomic mass is 9.99. The molecule has 0 spiro atoms. The fourth-order valence-electron chi connectivity index (χ4n) is 1.25. The second-order valence-corrected chi connectivity index (χ2v) is 5.30.